The van der Waals surface area contributed by atoms with Crippen LogP contribution in [0, 0.1) is 11.8 Å². The van der Waals surface area contributed by atoms with E-state index in [0.29, 0.717) is 5.75 Å². The second kappa shape index (κ2) is 6.60. The molecule has 5 nitrogen and oxygen atoms in total. The van der Waals surface area contributed by atoms with E-state index >= 15 is 0 Å². The van der Waals surface area contributed by atoms with E-state index in [1.807, 2.05) is 54.6 Å². The number of aliphatic carboxylic acids is 2. The van der Waals surface area contributed by atoms with Gasteiger partial charge in [-0.1, -0.05) is 54.6 Å². The SMILES string of the molecule is N[C@]1(C(=O)O)[C@H]2[C@@H](C[C@H]1SCc1ccccc1-c1ccccc1)[C@]2(F)C(=O)O. The molecule has 0 saturated heterocycles. The van der Waals surface area contributed by atoms with Crippen LogP contribution in [0.3, 0.4) is 0 Å². The maximum atomic E-state index is 14.7. The molecule has 2 aromatic rings. The fourth-order valence-electron chi connectivity index (χ4n) is 4.54. The molecule has 4 rings (SSSR count). The summed E-state index contributed by atoms with van der Waals surface area (Å²) in [4.78, 5) is 23.1. The summed E-state index contributed by atoms with van der Waals surface area (Å²) >= 11 is 1.36. The Kier molecular flexibility index (Phi) is 4.47. The number of hydrogen-bond acceptors (Lipinski definition) is 4. The predicted molar refractivity (Wildman–Crippen MR) is 105 cm³/mol. The number of hydrogen-bond donors (Lipinski definition) is 3. The molecule has 2 saturated carbocycles. The molecule has 0 spiro atoms. The minimum absolute atomic E-state index is 0.147. The maximum Gasteiger partial charge on any atom is 0.342 e. The van der Waals surface area contributed by atoms with E-state index < -0.39 is 40.2 Å². The molecule has 5 atom stereocenters. The normalized spacial score (nSPS) is 33.3. The molecule has 2 fully saturated rings. The van der Waals surface area contributed by atoms with Crippen molar-refractivity contribution >= 4 is 23.7 Å². The van der Waals surface area contributed by atoms with Gasteiger partial charge in [0.1, 0.15) is 5.54 Å². The highest BCUT2D eigenvalue weighted by Crippen LogP contribution is 2.68. The topological polar surface area (TPSA) is 101 Å². The van der Waals surface area contributed by atoms with Gasteiger partial charge < -0.3 is 15.9 Å². The average molecular weight is 401 g/mol. The molecule has 2 aliphatic rings. The number of halogens is 1. The molecule has 4 N–H and O–H groups in total. The van der Waals surface area contributed by atoms with Crippen molar-refractivity contribution in [1.82, 2.24) is 0 Å². The first-order valence-corrected chi connectivity index (χ1v) is 10.1. The number of nitrogens with two attached hydrogens (primary N) is 1. The van der Waals surface area contributed by atoms with Crippen molar-refractivity contribution in [2.24, 2.45) is 17.6 Å². The summed E-state index contributed by atoms with van der Waals surface area (Å²) in [5, 5.41) is 18.3. The van der Waals surface area contributed by atoms with Gasteiger partial charge in [0.2, 0.25) is 5.67 Å². The first-order chi connectivity index (χ1) is 13.3. The highest BCUT2D eigenvalue weighted by molar-refractivity contribution is 7.99. The maximum absolute atomic E-state index is 14.7. The minimum Gasteiger partial charge on any atom is -0.480 e. The Balaban J connectivity index is 1.56. The molecular formula is C21H20FNO4S. The van der Waals surface area contributed by atoms with Crippen LogP contribution in [-0.4, -0.2) is 38.6 Å². The number of carboxylic acids is 2. The summed E-state index contributed by atoms with van der Waals surface area (Å²) in [5.41, 5.74) is 4.85. The monoisotopic (exact) mass is 401 g/mol. The van der Waals surface area contributed by atoms with Gasteiger partial charge in [-0.25, -0.2) is 9.18 Å². The molecular weight excluding hydrogens is 381 g/mol. The molecule has 0 aromatic heterocycles. The highest BCUT2D eigenvalue weighted by Gasteiger charge is 2.84. The zero-order valence-electron chi connectivity index (χ0n) is 14.9. The largest absolute Gasteiger partial charge is 0.480 e. The molecule has 2 aromatic carbocycles. The van der Waals surface area contributed by atoms with Crippen molar-refractivity contribution in [3.63, 3.8) is 0 Å². The van der Waals surface area contributed by atoms with Crippen LogP contribution >= 0.6 is 11.8 Å². The fraction of sp³-hybridized carbons (Fsp3) is 0.333. The Morgan fingerprint density at radius 3 is 2.36 bits per heavy atom. The van der Waals surface area contributed by atoms with Crippen molar-refractivity contribution in [3.8, 4) is 11.1 Å². The molecule has 0 aliphatic heterocycles. The van der Waals surface area contributed by atoms with E-state index in [2.05, 4.69) is 0 Å². The van der Waals surface area contributed by atoms with E-state index in [0.717, 1.165) is 16.7 Å². The van der Waals surface area contributed by atoms with Gasteiger partial charge in [-0.05, 0) is 23.1 Å². The Morgan fingerprint density at radius 2 is 1.71 bits per heavy atom. The summed E-state index contributed by atoms with van der Waals surface area (Å²) in [6.45, 7) is 0. The number of carboxylic acid groups (broad SMARTS) is 2. The van der Waals surface area contributed by atoms with Gasteiger partial charge in [0.05, 0.1) is 0 Å². The zero-order chi connectivity index (χ0) is 20.1. The Bertz CT molecular complexity index is 939. The van der Waals surface area contributed by atoms with E-state index in [1.165, 1.54) is 11.8 Å². The molecule has 7 heteroatoms. The summed E-state index contributed by atoms with van der Waals surface area (Å²) in [6, 6.07) is 17.7. The molecule has 2 aliphatic carbocycles. The van der Waals surface area contributed by atoms with Gasteiger partial charge in [-0.3, -0.25) is 4.79 Å². The van der Waals surface area contributed by atoms with Crippen molar-refractivity contribution < 1.29 is 24.2 Å². The van der Waals surface area contributed by atoms with E-state index in [-0.39, 0.29) is 6.42 Å². The number of carbonyl (C=O) groups is 2. The summed E-state index contributed by atoms with van der Waals surface area (Å²) in [7, 11) is 0. The first kappa shape index (κ1) is 19.0. The Morgan fingerprint density at radius 1 is 1.07 bits per heavy atom. The summed E-state index contributed by atoms with van der Waals surface area (Å²) in [5.74, 6) is -4.47. The lowest BCUT2D eigenvalue weighted by Crippen LogP contribution is -2.58. The van der Waals surface area contributed by atoms with E-state index in [4.69, 9.17) is 10.8 Å². The Hall–Kier alpha value is -2.38. The molecule has 0 heterocycles. The molecule has 28 heavy (non-hydrogen) atoms. The van der Waals surface area contributed by atoms with Crippen LogP contribution < -0.4 is 5.73 Å². The van der Waals surface area contributed by atoms with Gasteiger partial charge in [0.25, 0.3) is 0 Å². The average Bonchev–Trinajstić information content (AvgIpc) is 3.17. The van der Waals surface area contributed by atoms with Crippen molar-refractivity contribution in [2.45, 2.75) is 28.6 Å². The first-order valence-electron chi connectivity index (χ1n) is 9.00. The fourth-order valence-corrected chi connectivity index (χ4v) is 6.04. The quantitative estimate of drug-likeness (QED) is 0.687. The number of thioether (sulfide) groups is 1. The Labute approximate surface area is 165 Å². The van der Waals surface area contributed by atoms with Crippen LogP contribution in [0.4, 0.5) is 4.39 Å². The number of rotatable bonds is 6. The van der Waals surface area contributed by atoms with Gasteiger partial charge in [0, 0.05) is 22.8 Å². The third kappa shape index (κ3) is 2.64. The van der Waals surface area contributed by atoms with Crippen molar-refractivity contribution in [2.75, 3.05) is 0 Å². The smallest absolute Gasteiger partial charge is 0.342 e. The molecule has 0 amide bonds. The van der Waals surface area contributed by atoms with Crippen LogP contribution in [-0.2, 0) is 15.3 Å². The number of fused-ring (bicyclic) bond motifs is 1. The van der Waals surface area contributed by atoms with Crippen LogP contribution in [0.15, 0.2) is 54.6 Å². The van der Waals surface area contributed by atoms with Crippen LogP contribution in [0.25, 0.3) is 11.1 Å². The highest BCUT2D eigenvalue weighted by atomic mass is 32.2. The lowest BCUT2D eigenvalue weighted by molar-refractivity contribution is -0.149. The van der Waals surface area contributed by atoms with Gasteiger partial charge >= 0.3 is 11.9 Å². The van der Waals surface area contributed by atoms with Gasteiger partial charge in [-0.15, -0.1) is 0 Å². The molecule has 0 bridgehead atoms. The number of benzene rings is 2. The van der Waals surface area contributed by atoms with Crippen molar-refractivity contribution in [1.29, 1.82) is 0 Å². The molecule has 0 unspecified atom stereocenters. The number of alkyl halides is 1. The zero-order valence-corrected chi connectivity index (χ0v) is 15.7. The third-order valence-corrected chi connectivity index (χ3v) is 7.50. The lowest BCUT2D eigenvalue weighted by atomic mass is 9.90. The molecule has 0 radical (unpaired) electrons. The van der Waals surface area contributed by atoms with Gasteiger partial charge in [0.15, 0.2) is 0 Å². The van der Waals surface area contributed by atoms with Crippen LogP contribution in [0.5, 0.6) is 0 Å². The summed E-state index contributed by atoms with van der Waals surface area (Å²) in [6.07, 6.45) is 0.147. The van der Waals surface area contributed by atoms with Gasteiger partial charge in [-0.2, -0.15) is 11.8 Å². The van der Waals surface area contributed by atoms with Crippen molar-refractivity contribution in [3.05, 3.63) is 60.2 Å². The second-order valence-corrected chi connectivity index (χ2v) is 8.65. The summed E-state index contributed by atoms with van der Waals surface area (Å²) < 4.78 is 14.7. The van der Waals surface area contributed by atoms with E-state index in [9.17, 15) is 19.1 Å². The predicted octanol–water partition coefficient (Wildman–Crippen LogP) is 3.18. The standard InChI is InChI=1S/C21H20FNO4S/c22-20(18(24)25)15-10-16(21(23,17(15)20)19(26)27)28-11-13-8-4-5-9-14(13)12-6-2-1-3-7-12/h1-9,15-17H,10-11,23H2,(H,24,25)(H,26,27)/t15-,16-,17+,20-,21+/m1/s1. The lowest BCUT2D eigenvalue weighted by Gasteiger charge is -2.31. The second-order valence-electron chi connectivity index (χ2n) is 7.45. The van der Waals surface area contributed by atoms with Crippen LogP contribution in [0.2, 0.25) is 0 Å². The molecule has 146 valence electrons. The third-order valence-electron chi connectivity index (χ3n) is 6.04. The minimum atomic E-state index is -2.52. The van der Waals surface area contributed by atoms with E-state index in [1.54, 1.807) is 0 Å². The van der Waals surface area contributed by atoms with Crippen LogP contribution in [0.1, 0.15) is 12.0 Å².